The van der Waals surface area contributed by atoms with Gasteiger partial charge in [-0.1, -0.05) is 54.3 Å². The van der Waals surface area contributed by atoms with Gasteiger partial charge in [0.25, 0.3) is 17.0 Å². The molecular weight excluding hydrogens is 663 g/mol. The Labute approximate surface area is 290 Å². The second-order valence-corrected chi connectivity index (χ2v) is 13.6. The molecule has 0 bridgehead atoms. The van der Waals surface area contributed by atoms with Crippen LogP contribution in [0, 0.1) is 6.92 Å². The van der Waals surface area contributed by atoms with Gasteiger partial charge in [-0.2, -0.15) is 0 Å². The molecular formula is C35H31N7O5S2. The van der Waals surface area contributed by atoms with E-state index in [-0.39, 0.29) is 32.8 Å². The van der Waals surface area contributed by atoms with Crippen LogP contribution < -0.4 is 30.4 Å². The van der Waals surface area contributed by atoms with Crippen LogP contribution >= 0.6 is 24.0 Å². The van der Waals surface area contributed by atoms with Crippen molar-refractivity contribution in [3.63, 3.8) is 0 Å². The molecule has 49 heavy (non-hydrogen) atoms. The van der Waals surface area contributed by atoms with E-state index in [1.54, 1.807) is 43.1 Å². The number of rotatable bonds is 6. The highest BCUT2D eigenvalue weighted by atomic mass is 32.2. The number of para-hydroxylation sites is 1. The van der Waals surface area contributed by atoms with Gasteiger partial charge in [0, 0.05) is 46.0 Å². The standard InChI is InChI=1S/C35H31N7O5S2/c1-22-30(34(45)42(37(22)2)24-8-4-3-5-9-24)41-33(44)28(49-35(41)48)19-25-31(36-29-10-6-7-13-40(29)32(25)43)39-16-14-38(15-17-39)20-23-11-12-26-27(18-23)47-21-46-26/h3-13,18-19H,14-17,20-21H2,1-2H3. The number of thioether (sulfide) groups is 1. The molecule has 0 spiro atoms. The molecule has 0 unspecified atom stereocenters. The van der Waals surface area contributed by atoms with Gasteiger partial charge in [-0.25, -0.2) is 9.67 Å². The zero-order chi connectivity index (χ0) is 33.8. The molecule has 0 N–H and O–H groups in total. The van der Waals surface area contributed by atoms with Gasteiger partial charge in [-0.3, -0.25) is 33.3 Å². The summed E-state index contributed by atoms with van der Waals surface area (Å²) >= 11 is 6.75. The highest BCUT2D eigenvalue weighted by molar-refractivity contribution is 8.27. The van der Waals surface area contributed by atoms with Crippen LogP contribution in [0.3, 0.4) is 0 Å². The quantitative estimate of drug-likeness (QED) is 0.192. The number of hydrogen-bond acceptors (Lipinski definition) is 10. The molecule has 0 radical (unpaired) electrons. The molecule has 2 aromatic carbocycles. The van der Waals surface area contributed by atoms with Gasteiger partial charge in [0.2, 0.25) is 6.79 Å². The first-order valence-electron chi connectivity index (χ1n) is 15.8. The van der Waals surface area contributed by atoms with Crippen molar-refractivity contribution in [1.29, 1.82) is 0 Å². The van der Waals surface area contributed by atoms with Crippen LogP contribution in [0.5, 0.6) is 11.5 Å². The van der Waals surface area contributed by atoms with Gasteiger partial charge in [-0.05, 0) is 55.0 Å². The fourth-order valence-corrected chi connectivity index (χ4v) is 7.73. The Morgan fingerprint density at radius 1 is 0.918 bits per heavy atom. The molecule has 2 saturated heterocycles. The first-order valence-corrected chi connectivity index (χ1v) is 17.0. The Bertz CT molecular complexity index is 2310. The molecule has 248 valence electrons. The van der Waals surface area contributed by atoms with Crippen molar-refractivity contribution in [1.82, 2.24) is 23.6 Å². The van der Waals surface area contributed by atoms with Crippen LogP contribution in [0.15, 0.2) is 87.4 Å². The van der Waals surface area contributed by atoms with E-state index in [0.717, 1.165) is 48.5 Å². The molecule has 3 aliphatic rings. The van der Waals surface area contributed by atoms with Crippen LogP contribution in [0.2, 0.25) is 0 Å². The van der Waals surface area contributed by atoms with Crippen LogP contribution in [0.1, 0.15) is 16.8 Å². The third-order valence-electron chi connectivity index (χ3n) is 9.08. The molecule has 5 aromatic rings. The topological polar surface area (TPSA) is 107 Å². The van der Waals surface area contributed by atoms with Crippen LogP contribution in [-0.4, -0.2) is 66.8 Å². The molecule has 3 aromatic heterocycles. The number of benzene rings is 2. The third-order valence-corrected chi connectivity index (χ3v) is 10.4. The van der Waals surface area contributed by atoms with Crippen molar-refractivity contribution in [2.24, 2.45) is 7.05 Å². The third kappa shape index (κ3) is 5.41. The first kappa shape index (κ1) is 31.1. The lowest BCUT2D eigenvalue weighted by Crippen LogP contribution is -2.47. The predicted octanol–water partition coefficient (Wildman–Crippen LogP) is 3.95. The van der Waals surface area contributed by atoms with Gasteiger partial charge in [0.15, 0.2) is 15.8 Å². The second kappa shape index (κ2) is 12.4. The highest BCUT2D eigenvalue weighted by Crippen LogP contribution is 2.37. The summed E-state index contributed by atoms with van der Waals surface area (Å²) in [5, 5.41) is 0. The summed E-state index contributed by atoms with van der Waals surface area (Å²) in [5.41, 5.74) is 2.71. The number of amides is 1. The fourth-order valence-electron chi connectivity index (χ4n) is 6.48. The lowest BCUT2D eigenvalue weighted by Gasteiger charge is -2.36. The van der Waals surface area contributed by atoms with Crippen molar-refractivity contribution >= 4 is 57.4 Å². The van der Waals surface area contributed by atoms with Crippen LogP contribution in [0.4, 0.5) is 11.5 Å². The van der Waals surface area contributed by atoms with Crippen LogP contribution in [-0.2, 0) is 18.4 Å². The van der Waals surface area contributed by atoms with Crippen molar-refractivity contribution in [2.75, 3.05) is 42.8 Å². The summed E-state index contributed by atoms with van der Waals surface area (Å²) < 4.78 is 15.9. The zero-order valence-corrected chi connectivity index (χ0v) is 28.4. The van der Waals surface area contributed by atoms with Crippen molar-refractivity contribution in [3.05, 3.63) is 115 Å². The Kier molecular flexibility index (Phi) is 7.85. The maximum absolute atomic E-state index is 14.1. The number of hydrogen-bond donors (Lipinski definition) is 0. The van der Waals surface area contributed by atoms with Gasteiger partial charge in [0.05, 0.1) is 21.8 Å². The monoisotopic (exact) mass is 693 g/mol. The lowest BCUT2D eigenvalue weighted by molar-refractivity contribution is -0.113. The summed E-state index contributed by atoms with van der Waals surface area (Å²) in [6.07, 6.45) is 3.25. The van der Waals surface area contributed by atoms with Crippen molar-refractivity contribution in [2.45, 2.75) is 13.5 Å². The Morgan fingerprint density at radius 2 is 1.67 bits per heavy atom. The number of ether oxygens (including phenoxy) is 2. The van der Waals surface area contributed by atoms with Crippen molar-refractivity contribution in [3.8, 4) is 17.2 Å². The maximum atomic E-state index is 14.1. The molecule has 0 saturated carbocycles. The number of pyridine rings is 1. The van der Waals surface area contributed by atoms with Gasteiger partial charge in [0.1, 0.15) is 17.2 Å². The number of fused-ring (bicyclic) bond motifs is 2. The van der Waals surface area contributed by atoms with E-state index in [1.165, 1.54) is 14.0 Å². The Morgan fingerprint density at radius 3 is 2.47 bits per heavy atom. The van der Waals surface area contributed by atoms with E-state index in [4.69, 9.17) is 26.7 Å². The molecule has 0 atom stereocenters. The van der Waals surface area contributed by atoms with E-state index in [2.05, 4.69) is 9.80 Å². The van der Waals surface area contributed by atoms with E-state index in [9.17, 15) is 14.4 Å². The minimum atomic E-state index is -0.460. The number of aromatic nitrogens is 4. The fraction of sp³-hybridized carbons (Fsp3) is 0.229. The van der Waals surface area contributed by atoms with E-state index >= 15 is 0 Å². The number of thiocarbonyl (C=S) groups is 1. The average Bonchev–Trinajstić information content (AvgIpc) is 3.76. The summed E-state index contributed by atoms with van der Waals surface area (Å²) in [7, 11) is 1.77. The van der Waals surface area contributed by atoms with E-state index in [0.29, 0.717) is 41.5 Å². The summed E-state index contributed by atoms with van der Waals surface area (Å²) in [6, 6.07) is 20.6. The lowest BCUT2D eigenvalue weighted by atomic mass is 10.1. The minimum absolute atomic E-state index is 0.185. The smallest absolute Gasteiger partial charge is 0.296 e. The molecule has 14 heteroatoms. The predicted molar refractivity (Wildman–Crippen MR) is 193 cm³/mol. The van der Waals surface area contributed by atoms with E-state index < -0.39 is 5.91 Å². The number of nitrogens with zero attached hydrogens (tertiary/aromatic N) is 7. The average molecular weight is 694 g/mol. The summed E-state index contributed by atoms with van der Waals surface area (Å²) in [4.78, 5) is 52.8. The molecule has 12 nitrogen and oxygen atoms in total. The van der Waals surface area contributed by atoms with Gasteiger partial charge < -0.3 is 14.4 Å². The summed E-state index contributed by atoms with van der Waals surface area (Å²) in [5.74, 6) is 1.57. The molecule has 3 aliphatic heterocycles. The van der Waals surface area contributed by atoms with Crippen LogP contribution in [0.25, 0.3) is 17.4 Å². The van der Waals surface area contributed by atoms with Gasteiger partial charge >= 0.3 is 0 Å². The number of anilines is 2. The molecule has 0 aliphatic carbocycles. The molecule has 1 amide bonds. The summed E-state index contributed by atoms with van der Waals surface area (Å²) in [6.45, 7) is 5.51. The zero-order valence-electron chi connectivity index (χ0n) is 26.7. The maximum Gasteiger partial charge on any atom is 0.296 e. The largest absolute Gasteiger partial charge is 0.454 e. The molecule has 6 heterocycles. The number of carbonyl (C=O) groups excluding carboxylic acids is 1. The van der Waals surface area contributed by atoms with Gasteiger partial charge in [-0.15, -0.1) is 0 Å². The first-order chi connectivity index (χ1) is 23.8. The molecule has 2 fully saturated rings. The van der Waals surface area contributed by atoms with Crippen molar-refractivity contribution < 1.29 is 14.3 Å². The number of carbonyl (C=O) groups is 1. The Hall–Kier alpha value is -5.18. The normalized spacial score (nSPS) is 17.2. The minimum Gasteiger partial charge on any atom is -0.454 e. The SMILES string of the molecule is Cc1c(N2C(=O)C(=Cc3c(N4CCN(Cc5ccc6c(c5)OCO6)CC4)nc4ccccn4c3=O)SC2=S)c(=O)n(-c2ccccc2)n1C. The number of piperazine rings is 1. The highest BCUT2D eigenvalue weighted by Gasteiger charge is 2.38. The molecule has 8 rings (SSSR count). The second-order valence-electron chi connectivity index (χ2n) is 12.0. The van der Waals surface area contributed by atoms with E-state index in [1.807, 2.05) is 54.6 Å². The Balaban J connectivity index is 1.11.